The standard InChI is InChI=1S/C21H16/c1-2-7-16(8-3-1)18-11-4-12-19(15-18)21-14-6-10-17-9-5-13-20(17)21/h1-8,10-15H,9H2. The van der Waals surface area contributed by atoms with E-state index in [9.17, 15) is 0 Å². The number of allylic oxidation sites excluding steroid dienone is 1. The summed E-state index contributed by atoms with van der Waals surface area (Å²) in [6, 6.07) is 26.0. The van der Waals surface area contributed by atoms with Gasteiger partial charge in [-0.05, 0) is 45.9 Å². The summed E-state index contributed by atoms with van der Waals surface area (Å²) in [4.78, 5) is 0. The molecule has 0 heteroatoms. The van der Waals surface area contributed by atoms with Crippen molar-refractivity contribution in [3.63, 3.8) is 0 Å². The van der Waals surface area contributed by atoms with Crippen molar-refractivity contribution >= 4 is 6.08 Å². The highest BCUT2D eigenvalue weighted by molar-refractivity contribution is 5.81. The van der Waals surface area contributed by atoms with Crippen molar-refractivity contribution in [2.24, 2.45) is 0 Å². The van der Waals surface area contributed by atoms with Crippen LogP contribution in [0.3, 0.4) is 0 Å². The van der Waals surface area contributed by atoms with Crippen LogP contribution in [0.2, 0.25) is 0 Å². The smallest absolute Gasteiger partial charge is 0.00879 e. The topological polar surface area (TPSA) is 0 Å². The predicted octanol–water partition coefficient (Wildman–Crippen LogP) is 5.59. The van der Waals surface area contributed by atoms with Crippen molar-refractivity contribution < 1.29 is 0 Å². The second-order valence-electron chi connectivity index (χ2n) is 5.43. The van der Waals surface area contributed by atoms with Gasteiger partial charge in [-0.25, -0.2) is 0 Å². The molecule has 0 saturated heterocycles. The van der Waals surface area contributed by atoms with Gasteiger partial charge in [0.05, 0.1) is 0 Å². The van der Waals surface area contributed by atoms with E-state index < -0.39 is 0 Å². The fourth-order valence-electron chi connectivity index (χ4n) is 3.04. The van der Waals surface area contributed by atoms with E-state index in [1.165, 1.54) is 33.4 Å². The molecular weight excluding hydrogens is 252 g/mol. The lowest BCUT2D eigenvalue weighted by Gasteiger charge is -2.10. The zero-order valence-electron chi connectivity index (χ0n) is 11.8. The summed E-state index contributed by atoms with van der Waals surface area (Å²) in [7, 11) is 0. The van der Waals surface area contributed by atoms with E-state index in [-0.39, 0.29) is 0 Å². The molecule has 0 unspecified atom stereocenters. The second-order valence-corrected chi connectivity index (χ2v) is 5.43. The highest BCUT2D eigenvalue weighted by Gasteiger charge is 2.11. The van der Waals surface area contributed by atoms with Crippen LogP contribution in [0.15, 0.2) is 78.9 Å². The van der Waals surface area contributed by atoms with Gasteiger partial charge in [0.25, 0.3) is 0 Å². The van der Waals surface area contributed by atoms with E-state index in [0.29, 0.717) is 0 Å². The lowest BCUT2D eigenvalue weighted by atomic mass is 9.94. The lowest BCUT2D eigenvalue weighted by Crippen LogP contribution is -1.87. The van der Waals surface area contributed by atoms with Gasteiger partial charge in [-0.3, -0.25) is 0 Å². The molecule has 3 aromatic rings. The molecule has 0 atom stereocenters. The summed E-state index contributed by atoms with van der Waals surface area (Å²) in [5.41, 5.74) is 7.97. The maximum atomic E-state index is 2.29. The molecule has 21 heavy (non-hydrogen) atoms. The third kappa shape index (κ3) is 2.19. The van der Waals surface area contributed by atoms with Gasteiger partial charge in [-0.1, -0.05) is 78.9 Å². The summed E-state index contributed by atoms with van der Waals surface area (Å²) in [6.45, 7) is 0. The van der Waals surface area contributed by atoms with E-state index in [2.05, 4.69) is 84.9 Å². The molecule has 0 bridgehead atoms. The Balaban J connectivity index is 1.84. The largest absolute Gasteiger partial charge is 0.0795 e. The molecule has 3 aromatic carbocycles. The molecule has 1 aliphatic carbocycles. The molecule has 1 aliphatic rings. The molecule has 0 saturated carbocycles. The number of benzene rings is 3. The number of hydrogen-bond acceptors (Lipinski definition) is 0. The van der Waals surface area contributed by atoms with Crippen molar-refractivity contribution in [1.82, 2.24) is 0 Å². The van der Waals surface area contributed by atoms with Crippen molar-refractivity contribution in [1.29, 1.82) is 0 Å². The summed E-state index contributed by atoms with van der Waals surface area (Å²) >= 11 is 0. The third-order valence-electron chi connectivity index (χ3n) is 4.10. The molecule has 0 radical (unpaired) electrons. The molecule has 0 fully saturated rings. The zero-order valence-corrected chi connectivity index (χ0v) is 11.8. The molecule has 0 aliphatic heterocycles. The van der Waals surface area contributed by atoms with Crippen LogP contribution in [0.25, 0.3) is 28.3 Å². The van der Waals surface area contributed by atoms with Gasteiger partial charge in [0, 0.05) is 0 Å². The van der Waals surface area contributed by atoms with Gasteiger partial charge < -0.3 is 0 Å². The summed E-state index contributed by atoms with van der Waals surface area (Å²) in [6.07, 6.45) is 5.55. The van der Waals surface area contributed by atoms with Crippen LogP contribution in [0, 0.1) is 0 Å². The quantitative estimate of drug-likeness (QED) is 0.568. The van der Waals surface area contributed by atoms with Gasteiger partial charge >= 0.3 is 0 Å². The summed E-state index contributed by atoms with van der Waals surface area (Å²) in [5.74, 6) is 0. The first-order valence-electron chi connectivity index (χ1n) is 7.36. The Bertz CT molecular complexity index is 810. The number of hydrogen-bond donors (Lipinski definition) is 0. The fraction of sp³-hybridized carbons (Fsp3) is 0.0476. The Morgan fingerprint density at radius 2 is 1.38 bits per heavy atom. The molecule has 0 spiro atoms. The van der Waals surface area contributed by atoms with Gasteiger partial charge in [0.1, 0.15) is 0 Å². The van der Waals surface area contributed by atoms with Crippen LogP contribution in [0.1, 0.15) is 11.1 Å². The Morgan fingerprint density at radius 1 is 0.619 bits per heavy atom. The maximum Gasteiger partial charge on any atom is -0.00879 e. The van der Waals surface area contributed by atoms with Gasteiger partial charge in [-0.2, -0.15) is 0 Å². The number of fused-ring (bicyclic) bond motifs is 1. The van der Waals surface area contributed by atoms with Gasteiger partial charge in [0.2, 0.25) is 0 Å². The number of rotatable bonds is 2. The molecule has 0 aromatic heterocycles. The van der Waals surface area contributed by atoms with E-state index in [1.807, 2.05) is 0 Å². The van der Waals surface area contributed by atoms with E-state index in [1.54, 1.807) is 0 Å². The van der Waals surface area contributed by atoms with Crippen LogP contribution in [0.4, 0.5) is 0 Å². The normalized spacial score (nSPS) is 12.4. The van der Waals surface area contributed by atoms with Gasteiger partial charge in [-0.15, -0.1) is 0 Å². The highest BCUT2D eigenvalue weighted by atomic mass is 14.2. The first-order valence-corrected chi connectivity index (χ1v) is 7.36. The maximum absolute atomic E-state index is 2.29. The first-order chi connectivity index (χ1) is 10.4. The lowest BCUT2D eigenvalue weighted by molar-refractivity contribution is 1.31. The predicted molar refractivity (Wildman–Crippen MR) is 90.1 cm³/mol. The Kier molecular flexibility index (Phi) is 2.93. The SMILES string of the molecule is C1=Cc2c(cccc2-c2cccc(-c3ccccc3)c2)C1. The van der Waals surface area contributed by atoms with E-state index >= 15 is 0 Å². The highest BCUT2D eigenvalue weighted by Crippen LogP contribution is 2.33. The van der Waals surface area contributed by atoms with Crippen LogP contribution < -0.4 is 0 Å². The second kappa shape index (κ2) is 5.06. The van der Waals surface area contributed by atoms with E-state index in [4.69, 9.17) is 0 Å². The minimum atomic E-state index is 1.06. The molecular formula is C21H16. The van der Waals surface area contributed by atoms with Crippen molar-refractivity contribution in [2.45, 2.75) is 6.42 Å². The van der Waals surface area contributed by atoms with Crippen LogP contribution >= 0.6 is 0 Å². The van der Waals surface area contributed by atoms with Crippen molar-refractivity contribution in [2.75, 3.05) is 0 Å². The monoisotopic (exact) mass is 268 g/mol. The molecule has 0 nitrogen and oxygen atoms in total. The van der Waals surface area contributed by atoms with Crippen molar-refractivity contribution in [3.8, 4) is 22.3 Å². The molecule has 100 valence electrons. The average molecular weight is 268 g/mol. The Hall–Kier alpha value is -2.60. The molecule has 4 rings (SSSR count). The molecule has 0 N–H and O–H groups in total. The fourth-order valence-corrected chi connectivity index (χ4v) is 3.04. The first kappa shape index (κ1) is 12.2. The molecule has 0 heterocycles. The Labute approximate surface area is 125 Å². The van der Waals surface area contributed by atoms with Gasteiger partial charge in [0.15, 0.2) is 0 Å². The van der Waals surface area contributed by atoms with Crippen LogP contribution in [-0.4, -0.2) is 0 Å². The minimum Gasteiger partial charge on any atom is -0.0795 e. The average Bonchev–Trinajstić information content (AvgIpc) is 3.04. The Morgan fingerprint density at radius 3 is 2.29 bits per heavy atom. The summed E-state index contributed by atoms with van der Waals surface area (Å²) in [5, 5.41) is 0. The van der Waals surface area contributed by atoms with Crippen LogP contribution in [-0.2, 0) is 6.42 Å². The van der Waals surface area contributed by atoms with E-state index in [0.717, 1.165) is 6.42 Å². The zero-order chi connectivity index (χ0) is 14.1. The van der Waals surface area contributed by atoms with Crippen molar-refractivity contribution in [3.05, 3.63) is 90.0 Å². The minimum absolute atomic E-state index is 1.06. The van der Waals surface area contributed by atoms with Crippen LogP contribution in [0.5, 0.6) is 0 Å². The molecule has 0 amide bonds. The third-order valence-corrected chi connectivity index (χ3v) is 4.10. The summed E-state index contributed by atoms with van der Waals surface area (Å²) < 4.78 is 0.